The summed E-state index contributed by atoms with van der Waals surface area (Å²) >= 11 is 12.2. The van der Waals surface area contributed by atoms with Crippen molar-refractivity contribution in [3.63, 3.8) is 0 Å². The van der Waals surface area contributed by atoms with Crippen LogP contribution in [0.15, 0.2) is 65.6 Å². The Morgan fingerprint density at radius 3 is 2.37 bits per heavy atom. The molecule has 2 N–H and O–H groups in total. The largest absolute Gasteiger partial charge is 0.348 e. The lowest BCUT2D eigenvalue weighted by Gasteiger charge is -2.13. The maximum atomic E-state index is 12.9. The second-order valence-corrected chi connectivity index (χ2v) is 9.31. The number of anilines is 1. The molecule has 0 fully saturated rings. The zero-order valence-electron chi connectivity index (χ0n) is 16.4. The summed E-state index contributed by atoms with van der Waals surface area (Å²) in [5.74, 6) is -0.436. The van der Waals surface area contributed by atoms with Crippen LogP contribution < -0.4 is 10.0 Å². The molecule has 0 atom stereocenters. The maximum absolute atomic E-state index is 12.9. The second kappa shape index (κ2) is 9.08. The van der Waals surface area contributed by atoms with E-state index in [-0.39, 0.29) is 22.0 Å². The quantitative estimate of drug-likeness (QED) is 0.518. The number of hydrogen-bond donors (Lipinski definition) is 2. The highest BCUT2D eigenvalue weighted by Crippen LogP contribution is 2.27. The summed E-state index contributed by atoms with van der Waals surface area (Å²) in [5.41, 5.74) is 3.18. The van der Waals surface area contributed by atoms with E-state index in [2.05, 4.69) is 10.0 Å². The molecule has 0 aromatic heterocycles. The van der Waals surface area contributed by atoms with Crippen LogP contribution in [0.25, 0.3) is 0 Å². The first-order valence-electron chi connectivity index (χ1n) is 9.08. The van der Waals surface area contributed by atoms with Crippen molar-refractivity contribution >= 4 is 44.8 Å². The molecule has 0 aliphatic rings. The second-order valence-electron chi connectivity index (χ2n) is 6.84. The Bertz CT molecular complexity index is 1210. The van der Waals surface area contributed by atoms with Crippen molar-refractivity contribution in [3.8, 4) is 0 Å². The Morgan fingerprint density at radius 2 is 1.67 bits per heavy atom. The molecule has 0 unspecified atom stereocenters. The highest BCUT2D eigenvalue weighted by Gasteiger charge is 2.21. The number of halogens is 2. The van der Waals surface area contributed by atoms with Crippen LogP contribution in [0.2, 0.25) is 10.0 Å². The van der Waals surface area contributed by atoms with Crippen molar-refractivity contribution in [2.45, 2.75) is 25.3 Å². The van der Waals surface area contributed by atoms with E-state index in [0.29, 0.717) is 10.7 Å². The molecule has 0 radical (unpaired) electrons. The molecule has 0 bridgehead atoms. The summed E-state index contributed by atoms with van der Waals surface area (Å²) < 4.78 is 28.4. The monoisotopic (exact) mass is 462 g/mol. The van der Waals surface area contributed by atoms with Crippen LogP contribution in [-0.2, 0) is 16.6 Å². The van der Waals surface area contributed by atoms with Gasteiger partial charge in [-0.25, -0.2) is 8.42 Å². The molecule has 0 heterocycles. The summed E-state index contributed by atoms with van der Waals surface area (Å²) in [7, 11) is -3.99. The van der Waals surface area contributed by atoms with Gasteiger partial charge in [0, 0.05) is 17.1 Å². The van der Waals surface area contributed by atoms with Gasteiger partial charge in [-0.1, -0.05) is 59.1 Å². The number of aryl methyl sites for hydroxylation is 2. The molecule has 3 aromatic carbocycles. The molecule has 0 saturated heterocycles. The molecule has 3 rings (SSSR count). The molecule has 0 spiro atoms. The lowest BCUT2D eigenvalue weighted by Crippen LogP contribution is -2.23. The molecule has 1 amide bonds. The molecule has 30 heavy (non-hydrogen) atoms. The van der Waals surface area contributed by atoms with E-state index in [1.54, 1.807) is 24.3 Å². The van der Waals surface area contributed by atoms with Crippen molar-refractivity contribution in [1.29, 1.82) is 0 Å². The Labute approximate surface area is 186 Å². The van der Waals surface area contributed by atoms with Crippen molar-refractivity contribution in [1.82, 2.24) is 5.32 Å². The number of rotatable bonds is 6. The summed E-state index contributed by atoms with van der Waals surface area (Å²) in [6.07, 6.45) is 0. The van der Waals surface area contributed by atoms with Gasteiger partial charge in [0.2, 0.25) is 0 Å². The first-order valence-corrected chi connectivity index (χ1v) is 11.3. The third kappa shape index (κ3) is 5.14. The topological polar surface area (TPSA) is 75.3 Å². The van der Waals surface area contributed by atoms with Crippen LogP contribution in [0.1, 0.15) is 27.0 Å². The lowest BCUT2D eigenvalue weighted by atomic mass is 10.1. The third-order valence-corrected chi connectivity index (χ3v) is 6.72. The van der Waals surface area contributed by atoms with Gasteiger partial charge < -0.3 is 5.32 Å². The molecular weight excluding hydrogens is 443 g/mol. The zero-order valence-corrected chi connectivity index (χ0v) is 18.7. The van der Waals surface area contributed by atoms with E-state index in [1.165, 1.54) is 18.2 Å². The Hall–Kier alpha value is -2.54. The van der Waals surface area contributed by atoms with E-state index in [4.69, 9.17) is 23.2 Å². The average Bonchev–Trinajstić information content (AvgIpc) is 2.69. The van der Waals surface area contributed by atoms with Crippen LogP contribution in [-0.4, -0.2) is 14.3 Å². The van der Waals surface area contributed by atoms with Gasteiger partial charge in [-0.3, -0.25) is 9.52 Å². The number of sulfonamides is 1. The molecule has 0 aliphatic heterocycles. The number of amides is 1. The van der Waals surface area contributed by atoms with E-state index in [1.807, 2.05) is 32.0 Å². The minimum absolute atomic E-state index is 0.0231. The standard InChI is InChI=1S/C22H20Cl2N2O3S/c1-14-7-10-20(15(2)11-14)26-30(28,29)21-12-16(8-9-19(21)24)22(27)25-13-17-5-3-4-6-18(17)23/h3-12,26H,13H2,1-2H3,(H,25,27). The predicted octanol–water partition coefficient (Wildman–Crippen LogP) is 5.34. The molecule has 0 saturated carbocycles. The Kier molecular flexibility index (Phi) is 6.71. The fourth-order valence-corrected chi connectivity index (χ4v) is 4.76. The van der Waals surface area contributed by atoms with Crippen molar-refractivity contribution in [3.05, 3.63) is 93.0 Å². The highest BCUT2D eigenvalue weighted by atomic mass is 35.5. The van der Waals surface area contributed by atoms with Gasteiger partial charge in [0.15, 0.2) is 0 Å². The van der Waals surface area contributed by atoms with Crippen LogP contribution in [0.5, 0.6) is 0 Å². The summed E-state index contributed by atoms with van der Waals surface area (Å²) in [4.78, 5) is 12.4. The lowest BCUT2D eigenvalue weighted by molar-refractivity contribution is 0.0950. The van der Waals surface area contributed by atoms with Gasteiger partial charge >= 0.3 is 0 Å². The molecule has 8 heteroatoms. The van der Waals surface area contributed by atoms with Crippen LogP contribution in [0.3, 0.4) is 0 Å². The minimum atomic E-state index is -3.99. The summed E-state index contributed by atoms with van der Waals surface area (Å²) in [6.45, 7) is 3.95. The Morgan fingerprint density at radius 1 is 0.933 bits per heavy atom. The van der Waals surface area contributed by atoms with Crippen LogP contribution in [0, 0.1) is 13.8 Å². The summed E-state index contributed by atoms with van der Waals surface area (Å²) in [5, 5.41) is 3.30. The van der Waals surface area contributed by atoms with Gasteiger partial charge in [0.1, 0.15) is 4.90 Å². The van der Waals surface area contributed by atoms with Gasteiger partial charge in [-0.05, 0) is 55.3 Å². The van der Waals surface area contributed by atoms with Crippen molar-refractivity contribution in [2.24, 2.45) is 0 Å². The van der Waals surface area contributed by atoms with Gasteiger partial charge in [-0.15, -0.1) is 0 Å². The Balaban J connectivity index is 1.83. The van der Waals surface area contributed by atoms with Crippen molar-refractivity contribution in [2.75, 3.05) is 4.72 Å². The van der Waals surface area contributed by atoms with Gasteiger partial charge in [0.05, 0.1) is 10.7 Å². The summed E-state index contributed by atoms with van der Waals surface area (Å²) in [6, 6.07) is 16.6. The fraction of sp³-hybridized carbons (Fsp3) is 0.136. The first kappa shape index (κ1) is 22.2. The number of hydrogen-bond acceptors (Lipinski definition) is 3. The number of benzene rings is 3. The average molecular weight is 463 g/mol. The minimum Gasteiger partial charge on any atom is -0.348 e. The van der Waals surface area contributed by atoms with E-state index < -0.39 is 15.9 Å². The fourth-order valence-electron chi connectivity index (χ4n) is 2.90. The zero-order chi connectivity index (χ0) is 21.9. The maximum Gasteiger partial charge on any atom is 0.263 e. The SMILES string of the molecule is Cc1ccc(NS(=O)(=O)c2cc(C(=O)NCc3ccccc3Cl)ccc2Cl)c(C)c1. The van der Waals surface area contributed by atoms with Crippen LogP contribution in [0.4, 0.5) is 5.69 Å². The molecule has 0 aliphatic carbocycles. The normalized spacial score (nSPS) is 11.2. The smallest absolute Gasteiger partial charge is 0.263 e. The van der Waals surface area contributed by atoms with Crippen molar-refractivity contribution < 1.29 is 13.2 Å². The van der Waals surface area contributed by atoms with Crippen LogP contribution >= 0.6 is 23.2 Å². The third-order valence-electron chi connectivity index (χ3n) is 4.51. The van der Waals surface area contributed by atoms with Gasteiger partial charge in [0.25, 0.3) is 15.9 Å². The van der Waals surface area contributed by atoms with E-state index in [0.717, 1.165) is 16.7 Å². The molecule has 156 valence electrons. The number of nitrogens with one attached hydrogen (secondary N) is 2. The predicted molar refractivity (Wildman–Crippen MR) is 121 cm³/mol. The number of carbonyl (C=O) groups excluding carboxylic acids is 1. The van der Waals surface area contributed by atoms with Gasteiger partial charge in [-0.2, -0.15) is 0 Å². The highest BCUT2D eigenvalue weighted by molar-refractivity contribution is 7.92. The van der Waals surface area contributed by atoms with E-state index >= 15 is 0 Å². The number of carbonyl (C=O) groups is 1. The molecular formula is C22H20Cl2N2O3S. The first-order chi connectivity index (χ1) is 14.2. The molecule has 3 aromatic rings. The van der Waals surface area contributed by atoms with E-state index in [9.17, 15) is 13.2 Å². The molecule has 5 nitrogen and oxygen atoms in total.